The Morgan fingerprint density at radius 2 is 2.29 bits per heavy atom. The lowest BCUT2D eigenvalue weighted by Gasteiger charge is -2.02. The first-order chi connectivity index (χ1) is 6.77. The molecule has 14 heavy (non-hydrogen) atoms. The van der Waals surface area contributed by atoms with Crippen molar-refractivity contribution in [2.45, 2.75) is 13.1 Å². The largest absolute Gasteiger partial charge is 0.243 e. The third-order valence-electron chi connectivity index (χ3n) is 1.95. The predicted molar refractivity (Wildman–Crippen MR) is 49.1 cm³/mol. The molecule has 72 valence electrons. The highest BCUT2D eigenvalue weighted by atomic mass is 19.1. The summed E-state index contributed by atoms with van der Waals surface area (Å²) >= 11 is 0. The number of tetrazole rings is 1. The van der Waals surface area contributed by atoms with Gasteiger partial charge in [0.25, 0.3) is 0 Å². The van der Waals surface area contributed by atoms with Crippen molar-refractivity contribution < 1.29 is 4.39 Å². The van der Waals surface area contributed by atoms with Crippen molar-refractivity contribution in [1.82, 2.24) is 20.6 Å². The van der Waals surface area contributed by atoms with E-state index in [1.807, 2.05) is 6.07 Å². The number of nitrogens with one attached hydrogen (secondary N) is 1. The van der Waals surface area contributed by atoms with Gasteiger partial charge in [-0.3, -0.25) is 0 Å². The molecule has 0 bridgehead atoms. The van der Waals surface area contributed by atoms with Crippen LogP contribution in [0.25, 0.3) is 11.4 Å². The molecule has 4 nitrogen and oxygen atoms in total. The molecule has 0 amide bonds. The standard InChI is InChI=1S/C9H9FN4/c1-6(10)7-3-2-4-8(5-7)9-11-13-14-12-9/h2-6H,1H3,(H,11,12,13,14). The normalized spacial score (nSPS) is 12.7. The Kier molecular flexibility index (Phi) is 2.22. The maximum atomic E-state index is 13.0. The van der Waals surface area contributed by atoms with Crippen LogP contribution >= 0.6 is 0 Å². The third kappa shape index (κ3) is 1.61. The lowest BCUT2D eigenvalue weighted by molar-refractivity contribution is 0.374. The Hall–Kier alpha value is -1.78. The van der Waals surface area contributed by atoms with Crippen LogP contribution in [0.3, 0.4) is 0 Å². The molecular weight excluding hydrogens is 183 g/mol. The number of aromatic nitrogens is 4. The number of alkyl halides is 1. The number of hydrogen-bond donors (Lipinski definition) is 1. The van der Waals surface area contributed by atoms with Crippen LogP contribution in [0.5, 0.6) is 0 Å². The number of H-pyrrole nitrogens is 1. The highest BCUT2D eigenvalue weighted by Gasteiger charge is 2.06. The zero-order valence-corrected chi connectivity index (χ0v) is 7.61. The van der Waals surface area contributed by atoms with Gasteiger partial charge in [-0.1, -0.05) is 18.2 Å². The fraction of sp³-hybridized carbons (Fsp3) is 0.222. The van der Waals surface area contributed by atoms with Crippen molar-refractivity contribution in [2.24, 2.45) is 0 Å². The van der Waals surface area contributed by atoms with Gasteiger partial charge < -0.3 is 0 Å². The van der Waals surface area contributed by atoms with E-state index in [1.165, 1.54) is 6.92 Å². The highest BCUT2D eigenvalue weighted by Crippen LogP contribution is 2.21. The average molecular weight is 192 g/mol. The van der Waals surface area contributed by atoms with Gasteiger partial charge >= 0.3 is 0 Å². The average Bonchev–Trinajstić information content (AvgIpc) is 2.71. The smallest absolute Gasteiger partial charge is 0.204 e. The van der Waals surface area contributed by atoms with Gasteiger partial charge in [0.1, 0.15) is 6.17 Å². The second kappa shape index (κ2) is 3.53. The minimum absolute atomic E-state index is 0.479. The fourth-order valence-corrected chi connectivity index (χ4v) is 1.21. The Morgan fingerprint density at radius 3 is 2.93 bits per heavy atom. The monoisotopic (exact) mass is 192 g/mol. The molecule has 2 rings (SSSR count). The van der Waals surface area contributed by atoms with Crippen LogP contribution in [0.2, 0.25) is 0 Å². The number of hydrogen-bond acceptors (Lipinski definition) is 3. The van der Waals surface area contributed by atoms with Crippen LogP contribution in [-0.4, -0.2) is 20.6 Å². The lowest BCUT2D eigenvalue weighted by Crippen LogP contribution is -1.87. The SMILES string of the molecule is CC(F)c1cccc(-c2nn[nH]n2)c1. The third-order valence-corrected chi connectivity index (χ3v) is 1.95. The second-order valence-electron chi connectivity index (χ2n) is 2.98. The number of nitrogens with zero attached hydrogens (tertiary/aromatic N) is 3. The van der Waals surface area contributed by atoms with E-state index < -0.39 is 6.17 Å². The van der Waals surface area contributed by atoms with E-state index in [1.54, 1.807) is 18.2 Å². The summed E-state index contributed by atoms with van der Waals surface area (Å²) in [6.07, 6.45) is -0.984. The van der Waals surface area contributed by atoms with E-state index in [4.69, 9.17) is 0 Å². The second-order valence-corrected chi connectivity index (χ2v) is 2.98. The number of aromatic amines is 1. The summed E-state index contributed by atoms with van der Waals surface area (Å²) in [6, 6.07) is 7.04. The molecule has 5 heteroatoms. The summed E-state index contributed by atoms with van der Waals surface area (Å²) in [5, 5.41) is 13.4. The minimum Gasteiger partial charge on any atom is -0.243 e. The van der Waals surface area contributed by atoms with E-state index in [-0.39, 0.29) is 0 Å². The van der Waals surface area contributed by atoms with Crippen molar-refractivity contribution in [3.63, 3.8) is 0 Å². The highest BCUT2D eigenvalue weighted by molar-refractivity contribution is 5.55. The van der Waals surface area contributed by atoms with Crippen LogP contribution in [-0.2, 0) is 0 Å². The summed E-state index contributed by atoms with van der Waals surface area (Å²) in [5.74, 6) is 0.479. The molecular formula is C9H9FN4. The summed E-state index contributed by atoms with van der Waals surface area (Å²) in [4.78, 5) is 0. The van der Waals surface area contributed by atoms with E-state index in [9.17, 15) is 4.39 Å². The molecule has 1 heterocycles. The zero-order chi connectivity index (χ0) is 9.97. The van der Waals surface area contributed by atoms with E-state index in [0.717, 1.165) is 5.56 Å². The molecule has 0 radical (unpaired) electrons. The fourth-order valence-electron chi connectivity index (χ4n) is 1.21. The topological polar surface area (TPSA) is 54.5 Å². The van der Waals surface area contributed by atoms with Gasteiger partial charge in [0.05, 0.1) is 0 Å². The Balaban J connectivity index is 2.41. The molecule has 1 unspecified atom stereocenters. The molecule has 0 saturated carbocycles. The van der Waals surface area contributed by atoms with Gasteiger partial charge in [-0.15, -0.1) is 10.2 Å². The van der Waals surface area contributed by atoms with Crippen molar-refractivity contribution in [2.75, 3.05) is 0 Å². The molecule has 0 aliphatic carbocycles. The van der Waals surface area contributed by atoms with Crippen LogP contribution in [0.15, 0.2) is 24.3 Å². The molecule has 0 aliphatic rings. The van der Waals surface area contributed by atoms with Gasteiger partial charge in [-0.25, -0.2) is 4.39 Å². The number of halogens is 1. The summed E-state index contributed by atoms with van der Waals surface area (Å²) in [7, 11) is 0. The van der Waals surface area contributed by atoms with Gasteiger partial charge in [-0.05, 0) is 23.8 Å². The first-order valence-corrected chi connectivity index (χ1v) is 4.25. The van der Waals surface area contributed by atoms with Gasteiger partial charge in [-0.2, -0.15) is 5.21 Å². The molecule has 1 atom stereocenters. The molecule has 0 spiro atoms. The van der Waals surface area contributed by atoms with Crippen molar-refractivity contribution in [3.05, 3.63) is 29.8 Å². The molecule has 0 fully saturated rings. The first kappa shape index (κ1) is 8.80. The van der Waals surface area contributed by atoms with Gasteiger partial charge in [0.2, 0.25) is 5.82 Å². The molecule has 1 aromatic carbocycles. The van der Waals surface area contributed by atoms with Gasteiger partial charge in [0, 0.05) is 5.56 Å². The number of benzene rings is 1. The molecule has 2 aromatic rings. The molecule has 1 N–H and O–H groups in total. The number of rotatable bonds is 2. The maximum Gasteiger partial charge on any atom is 0.204 e. The van der Waals surface area contributed by atoms with Crippen LogP contribution in [0.1, 0.15) is 18.7 Å². The summed E-state index contributed by atoms with van der Waals surface area (Å²) < 4.78 is 13.0. The maximum absolute atomic E-state index is 13.0. The van der Waals surface area contributed by atoms with E-state index >= 15 is 0 Å². The Bertz CT molecular complexity index is 411. The lowest BCUT2D eigenvalue weighted by atomic mass is 10.1. The summed E-state index contributed by atoms with van der Waals surface area (Å²) in [6.45, 7) is 1.50. The quantitative estimate of drug-likeness (QED) is 0.790. The van der Waals surface area contributed by atoms with Crippen LogP contribution < -0.4 is 0 Å². The summed E-state index contributed by atoms with van der Waals surface area (Å²) in [5.41, 5.74) is 1.38. The zero-order valence-electron chi connectivity index (χ0n) is 7.61. The van der Waals surface area contributed by atoms with Crippen LogP contribution in [0.4, 0.5) is 4.39 Å². The van der Waals surface area contributed by atoms with E-state index in [0.29, 0.717) is 11.4 Å². The molecule has 0 aliphatic heterocycles. The minimum atomic E-state index is -0.984. The molecule has 1 aromatic heterocycles. The van der Waals surface area contributed by atoms with Gasteiger partial charge in [0.15, 0.2) is 0 Å². The molecule has 0 saturated heterocycles. The van der Waals surface area contributed by atoms with E-state index in [2.05, 4.69) is 20.6 Å². The van der Waals surface area contributed by atoms with Crippen molar-refractivity contribution in [1.29, 1.82) is 0 Å². The first-order valence-electron chi connectivity index (χ1n) is 4.25. The Labute approximate surface area is 80.2 Å². The predicted octanol–water partition coefficient (Wildman–Crippen LogP) is 1.90. The van der Waals surface area contributed by atoms with Crippen molar-refractivity contribution in [3.8, 4) is 11.4 Å². The Morgan fingerprint density at radius 1 is 1.43 bits per heavy atom. The van der Waals surface area contributed by atoms with Crippen molar-refractivity contribution >= 4 is 0 Å². The van der Waals surface area contributed by atoms with Crippen LogP contribution in [0, 0.1) is 0 Å².